The normalized spacial score (nSPS) is 17.1. The van der Waals surface area contributed by atoms with Gasteiger partial charge >= 0.3 is 0 Å². The molecule has 0 spiro atoms. The third-order valence-electron chi connectivity index (χ3n) is 3.97. The van der Waals surface area contributed by atoms with Crippen molar-refractivity contribution in [2.24, 2.45) is 5.73 Å². The summed E-state index contributed by atoms with van der Waals surface area (Å²) in [6.45, 7) is 6.85. The van der Waals surface area contributed by atoms with Gasteiger partial charge in [-0.3, -0.25) is 14.5 Å². The van der Waals surface area contributed by atoms with E-state index in [0.29, 0.717) is 38.3 Å². The number of rotatable bonds is 5. The predicted octanol–water partition coefficient (Wildman–Crippen LogP) is 0.717. The summed E-state index contributed by atoms with van der Waals surface area (Å²) >= 11 is 0. The lowest BCUT2D eigenvalue weighted by Gasteiger charge is -2.37. The number of hydrogen-bond donors (Lipinski definition) is 1. The summed E-state index contributed by atoms with van der Waals surface area (Å²) in [5.74, 6) is 0.444. The number of carbonyl (C=O) groups excluding carboxylic acids is 2. The number of amides is 2. The maximum Gasteiger partial charge on any atom is 0.253 e. The molecule has 1 fully saturated rings. The molecule has 1 aromatic carbocycles. The first-order chi connectivity index (χ1) is 10.5. The second-order valence-electron chi connectivity index (χ2n) is 5.36. The van der Waals surface area contributed by atoms with Gasteiger partial charge in [-0.1, -0.05) is 0 Å². The average molecular weight is 305 g/mol. The fraction of sp³-hybridized carbons (Fsp3) is 0.500. The molecule has 1 aliphatic rings. The summed E-state index contributed by atoms with van der Waals surface area (Å²) < 4.78 is 5.37. The molecule has 0 saturated carbocycles. The fourth-order valence-electron chi connectivity index (χ4n) is 2.54. The topological polar surface area (TPSA) is 75.9 Å². The minimum Gasteiger partial charge on any atom is -0.494 e. The standard InChI is InChI=1S/C16H23N3O3/c1-3-22-14-6-4-13(5-7-14)16(21)19-10-8-18(9-11-19)12(2)15(17)20/h4-7,12H,3,8-11H2,1-2H3,(H2,17,20). The largest absolute Gasteiger partial charge is 0.494 e. The predicted molar refractivity (Wildman–Crippen MR) is 83.7 cm³/mol. The van der Waals surface area contributed by atoms with Crippen LogP contribution in [-0.2, 0) is 4.79 Å². The molecule has 6 nitrogen and oxygen atoms in total. The molecule has 1 saturated heterocycles. The highest BCUT2D eigenvalue weighted by Crippen LogP contribution is 2.15. The third-order valence-corrected chi connectivity index (χ3v) is 3.97. The van der Waals surface area contributed by atoms with E-state index in [1.54, 1.807) is 24.0 Å². The Morgan fingerprint density at radius 3 is 2.27 bits per heavy atom. The maximum atomic E-state index is 12.5. The summed E-state index contributed by atoms with van der Waals surface area (Å²) in [6, 6.07) is 6.89. The molecule has 2 N–H and O–H groups in total. The molecule has 1 aliphatic heterocycles. The SMILES string of the molecule is CCOc1ccc(C(=O)N2CCN(C(C)C(N)=O)CC2)cc1. The van der Waals surface area contributed by atoms with Crippen molar-refractivity contribution in [3.8, 4) is 5.75 Å². The van der Waals surface area contributed by atoms with Gasteiger partial charge < -0.3 is 15.4 Å². The first kappa shape index (κ1) is 16.3. The van der Waals surface area contributed by atoms with Gasteiger partial charge in [-0.05, 0) is 38.1 Å². The van der Waals surface area contributed by atoms with E-state index < -0.39 is 0 Å². The van der Waals surface area contributed by atoms with Crippen molar-refractivity contribution in [1.82, 2.24) is 9.80 Å². The highest BCUT2D eigenvalue weighted by molar-refractivity contribution is 5.94. The minimum atomic E-state index is -0.328. The molecule has 2 rings (SSSR count). The summed E-state index contributed by atoms with van der Waals surface area (Å²) in [5.41, 5.74) is 5.97. The lowest BCUT2D eigenvalue weighted by Crippen LogP contribution is -2.54. The van der Waals surface area contributed by atoms with E-state index in [4.69, 9.17) is 10.5 Å². The third kappa shape index (κ3) is 3.76. The number of ether oxygens (including phenoxy) is 1. The summed E-state index contributed by atoms with van der Waals surface area (Å²) in [5, 5.41) is 0. The van der Waals surface area contributed by atoms with Crippen molar-refractivity contribution in [3.63, 3.8) is 0 Å². The van der Waals surface area contributed by atoms with Gasteiger partial charge in [-0.25, -0.2) is 0 Å². The van der Waals surface area contributed by atoms with Gasteiger partial charge in [-0.15, -0.1) is 0 Å². The Labute approximate surface area is 130 Å². The van der Waals surface area contributed by atoms with Crippen molar-refractivity contribution in [1.29, 1.82) is 0 Å². The summed E-state index contributed by atoms with van der Waals surface area (Å²) in [4.78, 5) is 27.5. The molecule has 0 radical (unpaired) electrons. The Hall–Kier alpha value is -2.08. The Balaban J connectivity index is 1.93. The zero-order valence-corrected chi connectivity index (χ0v) is 13.1. The zero-order valence-electron chi connectivity index (χ0n) is 13.1. The van der Waals surface area contributed by atoms with Crippen molar-refractivity contribution in [3.05, 3.63) is 29.8 Å². The van der Waals surface area contributed by atoms with E-state index in [9.17, 15) is 9.59 Å². The average Bonchev–Trinajstić information content (AvgIpc) is 2.54. The van der Waals surface area contributed by atoms with Crippen LogP contribution in [0.2, 0.25) is 0 Å². The molecule has 1 unspecified atom stereocenters. The molecule has 0 aromatic heterocycles. The lowest BCUT2D eigenvalue weighted by atomic mass is 10.1. The van der Waals surface area contributed by atoms with Gasteiger partial charge in [0, 0.05) is 31.7 Å². The molecule has 2 amide bonds. The number of benzene rings is 1. The second kappa shape index (κ2) is 7.26. The number of hydrogen-bond acceptors (Lipinski definition) is 4. The van der Waals surface area contributed by atoms with Crippen LogP contribution in [0.5, 0.6) is 5.75 Å². The van der Waals surface area contributed by atoms with Crippen LogP contribution in [0.1, 0.15) is 24.2 Å². The van der Waals surface area contributed by atoms with E-state index in [-0.39, 0.29) is 17.9 Å². The van der Waals surface area contributed by atoms with Crippen molar-refractivity contribution < 1.29 is 14.3 Å². The molecule has 120 valence electrons. The molecule has 6 heteroatoms. The summed E-state index contributed by atoms with van der Waals surface area (Å²) in [7, 11) is 0. The molecule has 0 bridgehead atoms. The van der Waals surface area contributed by atoms with Crippen LogP contribution < -0.4 is 10.5 Å². The van der Waals surface area contributed by atoms with Gasteiger partial charge in [0.25, 0.3) is 5.91 Å². The number of nitrogens with two attached hydrogens (primary N) is 1. The first-order valence-corrected chi connectivity index (χ1v) is 7.58. The Morgan fingerprint density at radius 1 is 1.18 bits per heavy atom. The number of piperazine rings is 1. The Bertz CT molecular complexity index is 522. The van der Waals surface area contributed by atoms with Crippen LogP contribution in [0.15, 0.2) is 24.3 Å². The van der Waals surface area contributed by atoms with Crippen LogP contribution in [0.25, 0.3) is 0 Å². The fourth-order valence-corrected chi connectivity index (χ4v) is 2.54. The van der Waals surface area contributed by atoms with Gasteiger partial charge in [0.05, 0.1) is 12.6 Å². The number of primary amides is 1. The number of carbonyl (C=O) groups is 2. The minimum absolute atomic E-state index is 0.00873. The molecule has 1 heterocycles. The second-order valence-corrected chi connectivity index (χ2v) is 5.36. The summed E-state index contributed by atoms with van der Waals surface area (Å²) in [6.07, 6.45) is 0. The van der Waals surface area contributed by atoms with Crippen LogP contribution in [0.3, 0.4) is 0 Å². The van der Waals surface area contributed by atoms with E-state index in [1.165, 1.54) is 0 Å². The van der Waals surface area contributed by atoms with E-state index in [0.717, 1.165) is 5.75 Å². The molecular formula is C16H23N3O3. The van der Waals surface area contributed by atoms with Gasteiger partial charge in [0.2, 0.25) is 5.91 Å². The quantitative estimate of drug-likeness (QED) is 0.869. The van der Waals surface area contributed by atoms with Crippen molar-refractivity contribution in [2.45, 2.75) is 19.9 Å². The van der Waals surface area contributed by atoms with Crippen LogP contribution in [0.4, 0.5) is 0 Å². The highest BCUT2D eigenvalue weighted by Gasteiger charge is 2.26. The molecule has 1 atom stereocenters. The van der Waals surface area contributed by atoms with E-state index in [2.05, 4.69) is 0 Å². The molecule has 1 aromatic rings. The van der Waals surface area contributed by atoms with Gasteiger partial charge in [0.1, 0.15) is 5.75 Å². The smallest absolute Gasteiger partial charge is 0.253 e. The maximum absolute atomic E-state index is 12.5. The van der Waals surface area contributed by atoms with Crippen molar-refractivity contribution in [2.75, 3.05) is 32.8 Å². The van der Waals surface area contributed by atoms with E-state index >= 15 is 0 Å². The molecule has 22 heavy (non-hydrogen) atoms. The number of nitrogens with zero attached hydrogens (tertiary/aromatic N) is 2. The van der Waals surface area contributed by atoms with Gasteiger partial charge in [-0.2, -0.15) is 0 Å². The van der Waals surface area contributed by atoms with Crippen molar-refractivity contribution >= 4 is 11.8 Å². The lowest BCUT2D eigenvalue weighted by molar-refractivity contribution is -0.123. The van der Waals surface area contributed by atoms with E-state index in [1.807, 2.05) is 24.0 Å². The Morgan fingerprint density at radius 2 is 1.77 bits per heavy atom. The van der Waals surface area contributed by atoms with Crippen LogP contribution >= 0.6 is 0 Å². The molecule has 0 aliphatic carbocycles. The molecular weight excluding hydrogens is 282 g/mol. The first-order valence-electron chi connectivity index (χ1n) is 7.58. The van der Waals surface area contributed by atoms with Crippen LogP contribution in [0, 0.1) is 0 Å². The Kier molecular flexibility index (Phi) is 5.38. The van der Waals surface area contributed by atoms with Crippen LogP contribution in [-0.4, -0.2) is 60.4 Å². The van der Waals surface area contributed by atoms with Gasteiger partial charge in [0.15, 0.2) is 0 Å². The highest BCUT2D eigenvalue weighted by atomic mass is 16.5. The monoisotopic (exact) mass is 305 g/mol. The zero-order chi connectivity index (χ0) is 16.1.